The molecule has 2 unspecified atom stereocenters. The highest BCUT2D eigenvalue weighted by molar-refractivity contribution is 5.78. The van der Waals surface area contributed by atoms with Crippen LogP contribution in [-0.2, 0) is 9.53 Å². The first kappa shape index (κ1) is 18.4. The van der Waals surface area contributed by atoms with Crippen molar-refractivity contribution < 1.29 is 9.53 Å². The first-order valence-corrected chi connectivity index (χ1v) is 8.34. The molecule has 0 aromatic heterocycles. The van der Waals surface area contributed by atoms with E-state index in [4.69, 9.17) is 4.74 Å². The van der Waals surface area contributed by atoms with Gasteiger partial charge in [-0.2, -0.15) is 0 Å². The quantitative estimate of drug-likeness (QED) is 0.672. The van der Waals surface area contributed by atoms with Crippen LogP contribution < -0.4 is 10.6 Å². The normalized spacial score (nSPS) is 19.5. The van der Waals surface area contributed by atoms with Crippen LogP contribution in [0.3, 0.4) is 0 Å². The molecule has 1 aliphatic rings. The topological polar surface area (TPSA) is 53.6 Å². The summed E-state index contributed by atoms with van der Waals surface area (Å²) in [6.45, 7) is 13.4. The monoisotopic (exact) mass is 299 g/mol. The number of nitrogens with one attached hydrogen (secondary N) is 2. The minimum Gasteiger partial charge on any atom is -0.379 e. The minimum atomic E-state index is 0.0947. The molecule has 0 saturated carbocycles. The number of ether oxygens (including phenoxy) is 1. The molecule has 5 nitrogen and oxygen atoms in total. The van der Waals surface area contributed by atoms with E-state index in [1.54, 1.807) is 0 Å². The summed E-state index contributed by atoms with van der Waals surface area (Å²) in [5.74, 6) is 0.727. The number of carbonyl (C=O) groups is 1. The first-order chi connectivity index (χ1) is 10.0. The van der Waals surface area contributed by atoms with Gasteiger partial charge in [0.05, 0.1) is 19.8 Å². The SMILES string of the molecule is CCC(C)NCC(=O)NCC(CC(C)C)N1CCOCC1. The molecule has 1 heterocycles. The Bertz CT molecular complexity index is 291. The maximum atomic E-state index is 11.9. The van der Waals surface area contributed by atoms with E-state index in [1.165, 1.54) is 0 Å². The summed E-state index contributed by atoms with van der Waals surface area (Å²) in [7, 11) is 0. The number of carbonyl (C=O) groups excluding carboxylic acids is 1. The smallest absolute Gasteiger partial charge is 0.234 e. The Kier molecular flexibility index (Phi) is 8.88. The Hall–Kier alpha value is -0.650. The summed E-state index contributed by atoms with van der Waals surface area (Å²) in [5, 5.41) is 6.31. The van der Waals surface area contributed by atoms with Crippen LogP contribution in [0.15, 0.2) is 0 Å². The molecule has 5 heteroatoms. The van der Waals surface area contributed by atoms with Gasteiger partial charge in [0.1, 0.15) is 0 Å². The number of morpholine rings is 1. The van der Waals surface area contributed by atoms with Crippen LogP contribution >= 0.6 is 0 Å². The highest BCUT2D eigenvalue weighted by Gasteiger charge is 2.22. The van der Waals surface area contributed by atoms with Crippen molar-refractivity contribution in [3.8, 4) is 0 Å². The fraction of sp³-hybridized carbons (Fsp3) is 0.938. The number of hydrogen-bond donors (Lipinski definition) is 2. The van der Waals surface area contributed by atoms with E-state index in [9.17, 15) is 4.79 Å². The van der Waals surface area contributed by atoms with Crippen LogP contribution in [0.25, 0.3) is 0 Å². The lowest BCUT2D eigenvalue weighted by Gasteiger charge is -2.35. The molecule has 0 aromatic carbocycles. The molecule has 2 atom stereocenters. The molecule has 0 radical (unpaired) electrons. The van der Waals surface area contributed by atoms with Crippen LogP contribution in [0.5, 0.6) is 0 Å². The molecule has 1 rings (SSSR count). The van der Waals surface area contributed by atoms with E-state index in [0.29, 0.717) is 24.5 Å². The second-order valence-corrected chi connectivity index (χ2v) is 6.43. The Balaban J connectivity index is 2.36. The van der Waals surface area contributed by atoms with E-state index in [0.717, 1.165) is 45.7 Å². The van der Waals surface area contributed by atoms with Gasteiger partial charge in [0, 0.05) is 31.7 Å². The third-order valence-corrected chi connectivity index (χ3v) is 4.06. The molecular weight excluding hydrogens is 266 g/mol. The van der Waals surface area contributed by atoms with Crippen LogP contribution in [0, 0.1) is 5.92 Å². The summed E-state index contributed by atoms with van der Waals surface area (Å²) >= 11 is 0. The van der Waals surface area contributed by atoms with Crippen molar-refractivity contribution in [1.29, 1.82) is 0 Å². The minimum absolute atomic E-state index is 0.0947. The van der Waals surface area contributed by atoms with Crippen molar-refractivity contribution in [3.63, 3.8) is 0 Å². The van der Waals surface area contributed by atoms with Gasteiger partial charge in [-0.1, -0.05) is 20.8 Å². The number of amides is 1. The van der Waals surface area contributed by atoms with Gasteiger partial charge in [-0.25, -0.2) is 0 Å². The summed E-state index contributed by atoms with van der Waals surface area (Å²) in [4.78, 5) is 14.4. The van der Waals surface area contributed by atoms with Gasteiger partial charge in [0.2, 0.25) is 5.91 Å². The van der Waals surface area contributed by atoms with Crippen LogP contribution in [0.2, 0.25) is 0 Å². The second-order valence-electron chi connectivity index (χ2n) is 6.43. The largest absolute Gasteiger partial charge is 0.379 e. The van der Waals surface area contributed by atoms with E-state index in [2.05, 4.69) is 43.2 Å². The zero-order valence-corrected chi connectivity index (χ0v) is 14.2. The molecule has 1 saturated heterocycles. The van der Waals surface area contributed by atoms with Crippen molar-refractivity contribution >= 4 is 5.91 Å². The number of rotatable bonds is 9. The van der Waals surface area contributed by atoms with Gasteiger partial charge >= 0.3 is 0 Å². The molecule has 1 amide bonds. The zero-order chi connectivity index (χ0) is 15.7. The van der Waals surface area contributed by atoms with E-state index < -0.39 is 0 Å². The summed E-state index contributed by atoms with van der Waals surface area (Å²) in [5.41, 5.74) is 0. The van der Waals surface area contributed by atoms with Gasteiger partial charge in [0.25, 0.3) is 0 Å². The van der Waals surface area contributed by atoms with E-state index in [-0.39, 0.29) is 5.91 Å². The van der Waals surface area contributed by atoms with Crippen molar-refractivity contribution in [3.05, 3.63) is 0 Å². The molecular formula is C16H33N3O2. The number of hydrogen-bond acceptors (Lipinski definition) is 4. The Labute approximate surface area is 129 Å². The fourth-order valence-corrected chi connectivity index (χ4v) is 2.55. The summed E-state index contributed by atoms with van der Waals surface area (Å²) in [6, 6.07) is 0.808. The molecule has 1 aliphatic heterocycles. The third kappa shape index (κ3) is 7.79. The predicted octanol–water partition coefficient (Wildman–Crippen LogP) is 1.24. The van der Waals surface area contributed by atoms with Gasteiger partial charge < -0.3 is 15.4 Å². The molecule has 0 aliphatic carbocycles. The maximum absolute atomic E-state index is 11.9. The Morgan fingerprint density at radius 2 is 1.90 bits per heavy atom. The van der Waals surface area contributed by atoms with E-state index in [1.807, 2.05) is 0 Å². The number of nitrogens with zero attached hydrogens (tertiary/aromatic N) is 1. The Morgan fingerprint density at radius 1 is 1.24 bits per heavy atom. The van der Waals surface area contributed by atoms with Crippen LogP contribution in [0.4, 0.5) is 0 Å². The lowest BCUT2D eigenvalue weighted by atomic mass is 10.0. The molecule has 0 spiro atoms. The molecule has 124 valence electrons. The standard InChI is InChI=1S/C16H33N3O2/c1-5-14(4)17-12-16(20)18-11-15(10-13(2)3)19-6-8-21-9-7-19/h13-15,17H,5-12H2,1-4H3,(H,18,20). The summed E-state index contributed by atoms with van der Waals surface area (Å²) in [6.07, 6.45) is 2.15. The maximum Gasteiger partial charge on any atom is 0.234 e. The van der Waals surface area contributed by atoms with Crippen molar-refractivity contribution in [1.82, 2.24) is 15.5 Å². The molecule has 1 fully saturated rings. The van der Waals surface area contributed by atoms with E-state index >= 15 is 0 Å². The Morgan fingerprint density at radius 3 is 2.48 bits per heavy atom. The third-order valence-electron chi connectivity index (χ3n) is 4.06. The van der Waals surface area contributed by atoms with Crippen LogP contribution in [-0.4, -0.2) is 62.3 Å². The molecule has 21 heavy (non-hydrogen) atoms. The van der Waals surface area contributed by atoms with Gasteiger partial charge in [-0.3, -0.25) is 9.69 Å². The van der Waals surface area contributed by atoms with Crippen molar-refractivity contribution in [2.24, 2.45) is 5.92 Å². The lowest BCUT2D eigenvalue weighted by Crippen LogP contribution is -2.50. The first-order valence-electron chi connectivity index (χ1n) is 8.34. The van der Waals surface area contributed by atoms with Crippen LogP contribution in [0.1, 0.15) is 40.5 Å². The highest BCUT2D eigenvalue weighted by Crippen LogP contribution is 2.12. The predicted molar refractivity (Wildman–Crippen MR) is 86.4 cm³/mol. The average molecular weight is 299 g/mol. The molecule has 0 aromatic rings. The van der Waals surface area contributed by atoms with Gasteiger partial charge in [-0.05, 0) is 25.7 Å². The average Bonchev–Trinajstić information content (AvgIpc) is 2.49. The summed E-state index contributed by atoms with van der Waals surface area (Å²) < 4.78 is 5.42. The molecule has 0 bridgehead atoms. The lowest BCUT2D eigenvalue weighted by molar-refractivity contribution is -0.120. The van der Waals surface area contributed by atoms with Crippen molar-refractivity contribution in [2.75, 3.05) is 39.4 Å². The van der Waals surface area contributed by atoms with Gasteiger partial charge in [0.15, 0.2) is 0 Å². The highest BCUT2D eigenvalue weighted by atomic mass is 16.5. The second kappa shape index (κ2) is 10.1. The zero-order valence-electron chi connectivity index (χ0n) is 14.2. The van der Waals surface area contributed by atoms with Crippen molar-refractivity contribution in [2.45, 2.75) is 52.6 Å². The van der Waals surface area contributed by atoms with Gasteiger partial charge in [-0.15, -0.1) is 0 Å². The molecule has 2 N–H and O–H groups in total. The fourth-order valence-electron chi connectivity index (χ4n) is 2.55.